The molecule has 5 rings (SSSR count). The minimum absolute atomic E-state index is 0.986. The van der Waals surface area contributed by atoms with Gasteiger partial charge in [0.05, 0.1) is 5.52 Å². The number of aromatic nitrogens is 2. The zero-order valence-corrected chi connectivity index (χ0v) is 15.6. The molecule has 4 aromatic rings. The Labute approximate surface area is 159 Å². The second-order valence-electron chi connectivity index (χ2n) is 7.46. The van der Waals surface area contributed by atoms with Crippen molar-refractivity contribution in [2.75, 3.05) is 6.54 Å². The molecule has 0 saturated heterocycles. The molecule has 0 spiro atoms. The van der Waals surface area contributed by atoms with E-state index >= 15 is 0 Å². The molecule has 134 valence electrons. The molecule has 0 N–H and O–H groups in total. The second kappa shape index (κ2) is 6.67. The third-order valence-electron chi connectivity index (χ3n) is 5.53. The van der Waals surface area contributed by atoms with Crippen LogP contribution in [0.25, 0.3) is 22.0 Å². The highest BCUT2D eigenvalue weighted by atomic mass is 15.1. The summed E-state index contributed by atoms with van der Waals surface area (Å²) < 4.78 is 2.12. The van der Waals surface area contributed by atoms with Gasteiger partial charge in [-0.3, -0.25) is 9.88 Å². The van der Waals surface area contributed by atoms with Gasteiger partial charge in [0.15, 0.2) is 0 Å². The number of para-hydroxylation sites is 1. The number of benzene rings is 2. The van der Waals surface area contributed by atoms with E-state index in [2.05, 4.69) is 89.6 Å². The van der Waals surface area contributed by atoms with Gasteiger partial charge in [0, 0.05) is 56.6 Å². The number of hydrogen-bond donors (Lipinski definition) is 0. The van der Waals surface area contributed by atoms with E-state index in [1.165, 1.54) is 33.3 Å². The quantitative estimate of drug-likeness (QED) is 0.525. The van der Waals surface area contributed by atoms with Gasteiger partial charge in [-0.05, 0) is 40.5 Å². The Kier molecular flexibility index (Phi) is 4.02. The maximum Gasteiger partial charge on any atom is 0.0705 e. The lowest BCUT2D eigenvalue weighted by atomic mass is 9.99. The van der Waals surface area contributed by atoms with Crippen LogP contribution < -0.4 is 0 Å². The van der Waals surface area contributed by atoms with Gasteiger partial charge in [0.2, 0.25) is 0 Å². The van der Waals surface area contributed by atoms with Gasteiger partial charge in [-0.2, -0.15) is 0 Å². The highest BCUT2D eigenvalue weighted by molar-refractivity contribution is 5.78. The number of pyridine rings is 1. The van der Waals surface area contributed by atoms with Crippen LogP contribution in [0.1, 0.15) is 16.8 Å². The fraction of sp³-hybridized carbons (Fsp3) is 0.208. The van der Waals surface area contributed by atoms with Gasteiger partial charge >= 0.3 is 0 Å². The molecule has 0 aliphatic carbocycles. The molecule has 0 bridgehead atoms. The number of rotatable bonds is 4. The maximum absolute atomic E-state index is 4.82. The molecule has 0 atom stereocenters. The van der Waals surface area contributed by atoms with Crippen molar-refractivity contribution in [1.82, 2.24) is 14.5 Å². The van der Waals surface area contributed by atoms with Crippen molar-refractivity contribution >= 4 is 10.9 Å². The SMILES string of the molecule is Cn1ccc(-c2cccc3c2CN(CCc2ccc4ccccc4n2)C3)c1. The van der Waals surface area contributed by atoms with Gasteiger partial charge in [0.25, 0.3) is 0 Å². The Hall–Kier alpha value is -2.91. The first-order valence-corrected chi connectivity index (χ1v) is 9.56. The number of nitrogens with zero attached hydrogens (tertiary/aromatic N) is 3. The summed E-state index contributed by atoms with van der Waals surface area (Å²) in [6.07, 6.45) is 5.31. The average molecular weight is 353 g/mol. The molecule has 0 saturated carbocycles. The Morgan fingerprint density at radius 1 is 0.926 bits per heavy atom. The molecule has 0 radical (unpaired) electrons. The van der Waals surface area contributed by atoms with E-state index in [0.717, 1.165) is 31.6 Å². The summed E-state index contributed by atoms with van der Waals surface area (Å²) in [5.74, 6) is 0. The molecule has 1 aliphatic rings. The van der Waals surface area contributed by atoms with Crippen LogP contribution in [0.15, 0.2) is 73.1 Å². The summed E-state index contributed by atoms with van der Waals surface area (Å²) >= 11 is 0. The van der Waals surface area contributed by atoms with E-state index < -0.39 is 0 Å². The summed E-state index contributed by atoms with van der Waals surface area (Å²) in [6.45, 7) is 3.09. The third kappa shape index (κ3) is 3.15. The molecular formula is C24H23N3. The number of hydrogen-bond acceptors (Lipinski definition) is 2. The molecule has 27 heavy (non-hydrogen) atoms. The fourth-order valence-corrected chi connectivity index (χ4v) is 4.10. The van der Waals surface area contributed by atoms with Crippen molar-refractivity contribution < 1.29 is 0 Å². The highest BCUT2D eigenvalue weighted by Crippen LogP contribution is 2.32. The van der Waals surface area contributed by atoms with Crippen molar-refractivity contribution in [2.24, 2.45) is 7.05 Å². The molecule has 2 aromatic carbocycles. The van der Waals surface area contributed by atoms with Gasteiger partial charge in [0.1, 0.15) is 0 Å². The second-order valence-corrected chi connectivity index (χ2v) is 7.46. The van der Waals surface area contributed by atoms with Gasteiger partial charge in [-0.25, -0.2) is 0 Å². The Bertz CT molecular complexity index is 1110. The van der Waals surface area contributed by atoms with Crippen LogP contribution in [0.3, 0.4) is 0 Å². The fourth-order valence-electron chi connectivity index (χ4n) is 4.10. The summed E-state index contributed by atoms with van der Waals surface area (Å²) in [5, 5.41) is 1.21. The van der Waals surface area contributed by atoms with E-state index in [-0.39, 0.29) is 0 Å². The van der Waals surface area contributed by atoms with Crippen LogP contribution in [0, 0.1) is 0 Å². The Morgan fingerprint density at radius 2 is 1.85 bits per heavy atom. The molecule has 2 aromatic heterocycles. The zero-order chi connectivity index (χ0) is 18.2. The lowest BCUT2D eigenvalue weighted by molar-refractivity contribution is 0.287. The molecule has 3 heteroatoms. The van der Waals surface area contributed by atoms with Crippen molar-refractivity contribution in [3.63, 3.8) is 0 Å². The van der Waals surface area contributed by atoms with Crippen LogP contribution in [-0.4, -0.2) is 21.0 Å². The maximum atomic E-state index is 4.82. The summed E-state index contributed by atoms with van der Waals surface area (Å²) in [6, 6.07) is 21.6. The minimum atomic E-state index is 0.986. The predicted molar refractivity (Wildman–Crippen MR) is 110 cm³/mol. The standard InChI is InChI=1S/C24H23N3/c1-26-13-11-20(15-26)22-7-4-6-19-16-27(17-23(19)22)14-12-21-10-9-18-5-2-3-8-24(18)25-21/h2-11,13,15H,12,14,16-17H2,1H3. The van der Waals surface area contributed by atoms with E-state index in [0.29, 0.717) is 0 Å². The Balaban J connectivity index is 1.32. The largest absolute Gasteiger partial charge is 0.357 e. The molecule has 3 nitrogen and oxygen atoms in total. The number of fused-ring (bicyclic) bond motifs is 2. The van der Waals surface area contributed by atoms with Crippen LogP contribution in [-0.2, 0) is 26.6 Å². The van der Waals surface area contributed by atoms with Crippen molar-refractivity contribution in [3.8, 4) is 11.1 Å². The van der Waals surface area contributed by atoms with Gasteiger partial charge in [-0.1, -0.05) is 42.5 Å². The van der Waals surface area contributed by atoms with E-state index in [4.69, 9.17) is 4.98 Å². The first kappa shape index (κ1) is 16.3. The summed E-state index contributed by atoms with van der Waals surface area (Å²) in [5.41, 5.74) is 7.89. The van der Waals surface area contributed by atoms with Gasteiger partial charge in [-0.15, -0.1) is 0 Å². The first-order valence-electron chi connectivity index (χ1n) is 9.56. The van der Waals surface area contributed by atoms with Crippen LogP contribution in [0.5, 0.6) is 0 Å². The van der Waals surface area contributed by atoms with Crippen LogP contribution in [0.2, 0.25) is 0 Å². The topological polar surface area (TPSA) is 21.1 Å². The monoisotopic (exact) mass is 353 g/mol. The molecule has 1 aliphatic heterocycles. The Morgan fingerprint density at radius 3 is 2.74 bits per heavy atom. The smallest absolute Gasteiger partial charge is 0.0705 e. The predicted octanol–water partition coefficient (Wildman–Crippen LogP) is 4.80. The van der Waals surface area contributed by atoms with E-state index in [1.54, 1.807) is 0 Å². The lowest BCUT2D eigenvalue weighted by Crippen LogP contribution is -2.19. The van der Waals surface area contributed by atoms with Crippen molar-refractivity contribution in [3.05, 3.63) is 89.9 Å². The number of aryl methyl sites for hydroxylation is 1. The normalized spacial score (nSPS) is 14.0. The van der Waals surface area contributed by atoms with Crippen LogP contribution >= 0.6 is 0 Å². The minimum Gasteiger partial charge on any atom is -0.357 e. The molecule has 3 heterocycles. The molecule has 0 fully saturated rings. The summed E-state index contributed by atoms with van der Waals surface area (Å²) in [7, 11) is 2.08. The van der Waals surface area contributed by atoms with Gasteiger partial charge < -0.3 is 4.57 Å². The van der Waals surface area contributed by atoms with Crippen LogP contribution in [0.4, 0.5) is 0 Å². The first-order chi connectivity index (χ1) is 13.3. The highest BCUT2D eigenvalue weighted by Gasteiger charge is 2.22. The average Bonchev–Trinajstić information content (AvgIpc) is 3.31. The lowest BCUT2D eigenvalue weighted by Gasteiger charge is -2.14. The van der Waals surface area contributed by atoms with E-state index in [1.807, 2.05) is 0 Å². The van der Waals surface area contributed by atoms with Crippen molar-refractivity contribution in [2.45, 2.75) is 19.5 Å². The molecule has 0 unspecified atom stereocenters. The van der Waals surface area contributed by atoms with E-state index in [9.17, 15) is 0 Å². The van der Waals surface area contributed by atoms with Crippen molar-refractivity contribution in [1.29, 1.82) is 0 Å². The molecular weight excluding hydrogens is 330 g/mol. The zero-order valence-electron chi connectivity index (χ0n) is 15.6. The third-order valence-corrected chi connectivity index (χ3v) is 5.53. The molecule has 0 amide bonds. The summed E-state index contributed by atoms with van der Waals surface area (Å²) in [4.78, 5) is 7.36.